The Morgan fingerprint density at radius 2 is 1.76 bits per heavy atom. The average Bonchev–Trinajstić information content (AvgIpc) is 3.71. The topological polar surface area (TPSA) is 152 Å². The van der Waals surface area contributed by atoms with Crippen LogP contribution in [0.1, 0.15) is 60.7 Å². The number of amides is 1. The highest BCUT2D eigenvalue weighted by Gasteiger charge is 2.67. The van der Waals surface area contributed by atoms with E-state index < -0.39 is 75.7 Å². The number of nitrogens with zero attached hydrogens (tertiary/aromatic N) is 8. The van der Waals surface area contributed by atoms with Gasteiger partial charge in [0.05, 0.1) is 52.7 Å². The van der Waals surface area contributed by atoms with Gasteiger partial charge in [-0.3, -0.25) is 18.9 Å². The van der Waals surface area contributed by atoms with Crippen LogP contribution in [0.15, 0.2) is 47.5 Å². The number of carbonyl (C=O) groups excluding carboxylic acids is 1. The second kappa shape index (κ2) is 15.1. The van der Waals surface area contributed by atoms with Gasteiger partial charge in [0, 0.05) is 49.7 Å². The summed E-state index contributed by atoms with van der Waals surface area (Å²) < 4.78 is 124. The minimum atomic E-state index is -3.84. The summed E-state index contributed by atoms with van der Waals surface area (Å²) in [5.74, 6) is -7.41. The fourth-order valence-electron chi connectivity index (χ4n) is 9.07. The number of aromatic nitrogens is 5. The first-order chi connectivity index (χ1) is 29.2. The van der Waals surface area contributed by atoms with Gasteiger partial charge in [0.2, 0.25) is 15.9 Å². The molecule has 5 heterocycles. The van der Waals surface area contributed by atoms with Crippen molar-refractivity contribution in [3.8, 4) is 0 Å². The molecule has 0 unspecified atom stereocenters. The van der Waals surface area contributed by atoms with E-state index in [1.807, 2.05) is 30.9 Å². The molecule has 2 aromatic carbocycles. The maximum atomic E-state index is 15.5. The van der Waals surface area contributed by atoms with Gasteiger partial charge in [0.15, 0.2) is 11.6 Å². The van der Waals surface area contributed by atoms with Crippen LogP contribution < -0.4 is 19.8 Å². The van der Waals surface area contributed by atoms with Crippen LogP contribution in [0.5, 0.6) is 0 Å². The van der Waals surface area contributed by atoms with Gasteiger partial charge >= 0.3 is 0 Å². The van der Waals surface area contributed by atoms with E-state index in [-0.39, 0.29) is 70.6 Å². The Hall–Kier alpha value is -5.41. The summed E-state index contributed by atoms with van der Waals surface area (Å²) in [6, 6.07) is 8.32. The standard InChI is InChI=1S/C40H39ClF6N10O4S/c1-18-14-55(15-19(2)61-18)29-8-5-21-16-56(28-7-6-26(41)32-34(28)54(3)52-38(32)53-62(4,59)60)39(50-37(21)49-29)27(11-20-9-22(42)12-23(43)10-20)48-30(58)17-57-35-31(33(51-57)36(44)45)24-13-25(24)40(35,46)47/h5-10,12,18-19,24-25,27,36H,11,13-17H2,1-4H3,(H,48,58)(H,52,53)/t18-,19+,24-,25+,27-/m0/s1. The van der Waals surface area contributed by atoms with Gasteiger partial charge in [0.1, 0.15) is 41.2 Å². The minimum absolute atomic E-state index is 0.0252. The monoisotopic (exact) mass is 904 g/mol. The molecular weight excluding hydrogens is 866 g/mol. The zero-order valence-corrected chi connectivity index (χ0v) is 35.1. The number of pyridine rings is 1. The number of benzene rings is 2. The number of alkyl halides is 4. The molecule has 14 nitrogen and oxygen atoms in total. The highest BCUT2D eigenvalue weighted by atomic mass is 35.5. The van der Waals surface area contributed by atoms with E-state index in [1.54, 1.807) is 18.0 Å². The molecule has 9 rings (SSSR count). The Kier molecular flexibility index (Phi) is 10.2. The number of ether oxygens (including phenoxy) is 1. The van der Waals surface area contributed by atoms with Crippen molar-refractivity contribution in [2.24, 2.45) is 18.0 Å². The van der Waals surface area contributed by atoms with Gasteiger partial charge in [-0.15, -0.1) is 0 Å². The van der Waals surface area contributed by atoms with Gasteiger partial charge in [-0.1, -0.05) is 11.6 Å². The predicted molar refractivity (Wildman–Crippen MR) is 218 cm³/mol. The lowest BCUT2D eigenvalue weighted by Crippen LogP contribution is -2.51. The summed E-state index contributed by atoms with van der Waals surface area (Å²) in [4.78, 5) is 27.8. The van der Waals surface area contributed by atoms with Crippen molar-refractivity contribution in [3.63, 3.8) is 0 Å². The van der Waals surface area contributed by atoms with Gasteiger partial charge in [-0.2, -0.15) is 19.0 Å². The van der Waals surface area contributed by atoms with Gasteiger partial charge in [-0.05, 0) is 68.1 Å². The highest BCUT2D eigenvalue weighted by molar-refractivity contribution is 7.92. The largest absolute Gasteiger partial charge is 0.372 e. The number of aliphatic imine (C=N–C) groups is 1. The van der Waals surface area contributed by atoms with Crippen LogP contribution in [0, 0.1) is 17.6 Å². The zero-order chi connectivity index (χ0) is 44.2. The number of hydrogen-bond acceptors (Lipinski definition) is 10. The molecule has 1 amide bonds. The maximum absolute atomic E-state index is 15.5. The Labute approximate surface area is 355 Å². The lowest BCUT2D eigenvalue weighted by Gasteiger charge is -2.37. The van der Waals surface area contributed by atoms with Crippen LogP contribution >= 0.6 is 11.6 Å². The molecule has 2 fully saturated rings. The summed E-state index contributed by atoms with van der Waals surface area (Å²) in [5, 5.41) is 11.3. The molecule has 22 heteroatoms. The van der Waals surface area contributed by atoms with Crippen molar-refractivity contribution in [1.29, 1.82) is 0 Å². The van der Waals surface area contributed by atoms with Gasteiger partial charge < -0.3 is 19.9 Å². The number of nitrogens with one attached hydrogen (secondary N) is 2. The van der Waals surface area contributed by atoms with E-state index in [0.29, 0.717) is 46.4 Å². The summed E-state index contributed by atoms with van der Waals surface area (Å²) in [7, 11) is -2.27. The number of sulfonamides is 1. The molecule has 328 valence electrons. The minimum Gasteiger partial charge on any atom is -0.372 e. The third-order valence-corrected chi connectivity index (χ3v) is 12.3. The van der Waals surface area contributed by atoms with E-state index in [4.69, 9.17) is 26.3 Å². The van der Waals surface area contributed by atoms with Gasteiger partial charge in [0.25, 0.3) is 12.3 Å². The number of anilines is 3. The summed E-state index contributed by atoms with van der Waals surface area (Å²) in [6.45, 7) is 4.06. The molecule has 2 aliphatic heterocycles. The molecule has 1 saturated carbocycles. The fraction of sp³-hybridized carbons (Fsp3) is 0.425. The molecule has 0 spiro atoms. The first-order valence-electron chi connectivity index (χ1n) is 19.7. The van der Waals surface area contributed by atoms with Crippen molar-refractivity contribution in [3.05, 3.63) is 87.2 Å². The molecule has 0 radical (unpaired) electrons. The molecule has 1 saturated heterocycles. The Morgan fingerprint density at radius 1 is 1.05 bits per heavy atom. The van der Waals surface area contributed by atoms with Crippen LogP contribution in [0.2, 0.25) is 5.02 Å². The Balaban J connectivity index is 1.18. The number of hydrogen-bond donors (Lipinski definition) is 2. The Morgan fingerprint density at radius 3 is 2.44 bits per heavy atom. The van der Waals surface area contributed by atoms with E-state index in [1.165, 1.54) is 10.7 Å². The number of rotatable bonds is 11. The first kappa shape index (κ1) is 41.9. The molecule has 62 heavy (non-hydrogen) atoms. The molecule has 5 atom stereocenters. The summed E-state index contributed by atoms with van der Waals surface area (Å²) in [5.41, 5.74) is -0.404. The SMILES string of the molecule is C[C@@H]1CN(c2ccc3c(n2)N=C([C@H](Cc2cc(F)cc(F)c2)NC(=O)Cn2nc(C(F)F)c4c2C(F)(F)[C@@H]2C[C@H]42)N(c2ccc(Cl)c4c(NS(C)(=O)=O)nn(C)c24)C3)C[C@H](C)O1. The van der Waals surface area contributed by atoms with Crippen LogP contribution in [0.3, 0.4) is 0 Å². The van der Waals surface area contributed by atoms with Crippen molar-refractivity contribution in [1.82, 2.24) is 29.9 Å². The summed E-state index contributed by atoms with van der Waals surface area (Å²) >= 11 is 6.69. The summed E-state index contributed by atoms with van der Waals surface area (Å²) in [6.07, 6.45) is -2.71. The third-order valence-electron chi connectivity index (χ3n) is 11.5. The smallest absolute Gasteiger partial charge is 0.293 e. The van der Waals surface area contributed by atoms with E-state index >= 15 is 8.78 Å². The average molecular weight is 905 g/mol. The van der Waals surface area contributed by atoms with Crippen molar-refractivity contribution < 1.29 is 44.3 Å². The number of amidine groups is 1. The van der Waals surface area contributed by atoms with E-state index in [9.17, 15) is 30.8 Å². The number of morpholine rings is 1. The molecular formula is C40H39ClF6N10O4S. The molecule has 4 aliphatic rings. The second-order valence-electron chi connectivity index (χ2n) is 16.3. The second-order valence-corrected chi connectivity index (χ2v) is 18.4. The van der Waals surface area contributed by atoms with Crippen LogP contribution in [-0.4, -0.2) is 82.3 Å². The maximum Gasteiger partial charge on any atom is 0.293 e. The predicted octanol–water partition coefficient (Wildman–Crippen LogP) is 6.71. The molecule has 2 aliphatic carbocycles. The number of carbonyl (C=O) groups is 1. The zero-order valence-electron chi connectivity index (χ0n) is 33.5. The van der Waals surface area contributed by atoms with Gasteiger partial charge in [-0.25, -0.2) is 36.0 Å². The normalized spacial score (nSPS) is 22.0. The molecule has 2 N–H and O–H groups in total. The van der Waals surface area contributed by atoms with E-state index in [2.05, 4.69) is 20.2 Å². The quantitative estimate of drug-likeness (QED) is 0.138. The lowest BCUT2D eigenvalue weighted by atomic mass is 10.0. The third kappa shape index (κ3) is 7.60. The molecule has 0 bridgehead atoms. The highest BCUT2D eigenvalue weighted by Crippen LogP contribution is 2.68. The van der Waals surface area contributed by atoms with Crippen LogP contribution in [-0.2, 0) is 52.0 Å². The fourth-order valence-corrected chi connectivity index (χ4v) is 9.81. The van der Waals surface area contributed by atoms with Crippen molar-refractivity contribution in [2.75, 3.05) is 33.9 Å². The first-order valence-corrected chi connectivity index (χ1v) is 21.9. The van der Waals surface area contributed by atoms with Crippen molar-refractivity contribution >= 4 is 67.4 Å². The van der Waals surface area contributed by atoms with Crippen molar-refractivity contribution in [2.45, 2.75) is 76.3 Å². The number of halogens is 7. The number of aryl methyl sites for hydroxylation is 1. The molecule has 5 aromatic rings. The van der Waals surface area contributed by atoms with Crippen LogP contribution in [0.25, 0.3) is 10.9 Å². The van der Waals surface area contributed by atoms with Crippen LogP contribution in [0.4, 0.5) is 49.5 Å². The molecule has 3 aromatic heterocycles. The lowest BCUT2D eigenvalue weighted by molar-refractivity contribution is -0.122. The van der Waals surface area contributed by atoms with E-state index in [0.717, 1.165) is 18.4 Å². The Bertz CT molecular complexity index is 2770. The number of fused-ring (bicyclic) bond motifs is 5.